The van der Waals surface area contributed by atoms with Crippen LogP contribution in [-0.4, -0.2) is 31.7 Å². The van der Waals surface area contributed by atoms with Crippen LogP contribution in [0, 0.1) is 5.92 Å². The first-order valence-electron chi connectivity index (χ1n) is 11.0. The summed E-state index contributed by atoms with van der Waals surface area (Å²) in [5, 5.41) is 3.69. The van der Waals surface area contributed by atoms with Crippen molar-refractivity contribution < 1.29 is 13.2 Å². The fourth-order valence-electron chi connectivity index (χ4n) is 4.57. The number of hydrogen-bond acceptors (Lipinski definition) is 3. The normalized spacial score (nSPS) is 20.3. The monoisotopic (exact) mass is 460 g/mol. The average molecular weight is 461 g/mol. The van der Waals surface area contributed by atoms with Crippen molar-refractivity contribution in [1.82, 2.24) is 9.62 Å². The second-order valence-corrected chi connectivity index (χ2v) is 11.1. The van der Waals surface area contributed by atoms with E-state index in [9.17, 15) is 13.2 Å². The molecule has 2 aromatic rings. The van der Waals surface area contributed by atoms with Gasteiger partial charge >= 0.3 is 0 Å². The highest BCUT2D eigenvalue weighted by Crippen LogP contribution is 2.27. The van der Waals surface area contributed by atoms with Gasteiger partial charge < -0.3 is 5.32 Å². The number of carbonyl (C=O) groups is 1. The summed E-state index contributed by atoms with van der Waals surface area (Å²) in [4.78, 5) is 12.9. The van der Waals surface area contributed by atoms with Crippen LogP contribution in [0.1, 0.15) is 54.5 Å². The smallest absolute Gasteiger partial charge is 0.224 e. The molecule has 0 spiro atoms. The number of piperidine rings is 1. The van der Waals surface area contributed by atoms with Crippen LogP contribution in [0.5, 0.6) is 0 Å². The average Bonchev–Trinajstić information content (AvgIpc) is 3.23. The number of benzene rings is 2. The number of amides is 1. The summed E-state index contributed by atoms with van der Waals surface area (Å²) < 4.78 is 27.3. The van der Waals surface area contributed by atoms with Gasteiger partial charge in [-0.3, -0.25) is 4.79 Å². The van der Waals surface area contributed by atoms with Gasteiger partial charge in [-0.15, -0.1) is 0 Å². The second-order valence-electron chi connectivity index (χ2n) is 8.69. The van der Waals surface area contributed by atoms with Crippen molar-refractivity contribution in [2.24, 2.45) is 5.92 Å². The third-order valence-corrected chi connectivity index (χ3v) is 8.46. The number of fused-ring (bicyclic) bond motifs is 1. The summed E-state index contributed by atoms with van der Waals surface area (Å²) in [6.45, 7) is 2.69. The molecule has 1 heterocycles. The summed E-state index contributed by atoms with van der Waals surface area (Å²) in [5.41, 5.74) is 4.60. The van der Waals surface area contributed by atoms with E-state index in [0.29, 0.717) is 30.0 Å². The van der Waals surface area contributed by atoms with Crippen LogP contribution in [0.2, 0.25) is 5.02 Å². The molecule has 1 saturated heterocycles. The van der Waals surface area contributed by atoms with Crippen molar-refractivity contribution in [3.63, 3.8) is 0 Å². The molecule has 0 bridgehead atoms. The zero-order valence-electron chi connectivity index (χ0n) is 17.8. The Kier molecular flexibility index (Phi) is 6.70. The molecule has 5 nitrogen and oxygen atoms in total. The lowest BCUT2D eigenvalue weighted by molar-refractivity contribution is -0.126. The summed E-state index contributed by atoms with van der Waals surface area (Å²) in [5.74, 6) is -0.477. The lowest BCUT2D eigenvalue weighted by Crippen LogP contribution is -2.46. The van der Waals surface area contributed by atoms with Crippen molar-refractivity contribution >= 4 is 27.5 Å². The van der Waals surface area contributed by atoms with Crippen LogP contribution in [-0.2, 0) is 33.4 Å². The molecule has 2 aromatic carbocycles. The summed E-state index contributed by atoms with van der Waals surface area (Å²) in [6.07, 6.45) is 4.83. The fraction of sp³-hybridized carbons (Fsp3) is 0.458. The predicted molar refractivity (Wildman–Crippen MR) is 123 cm³/mol. The van der Waals surface area contributed by atoms with Crippen molar-refractivity contribution in [2.45, 2.75) is 50.8 Å². The maximum Gasteiger partial charge on any atom is 0.224 e. The highest BCUT2D eigenvalue weighted by molar-refractivity contribution is 7.88. The SMILES string of the molecule is CC(NC(=O)C1CCCN(S(=O)(=O)Cc2ccc(Cl)cc2)C1)c1ccc2c(c1)CCC2. The second kappa shape index (κ2) is 9.31. The Labute approximate surface area is 189 Å². The van der Waals surface area contributed by atoms with Gasteiger partial charge in [0.2, 0.25) is 15.9 Å². The summed E-state index contributed by atoms with van der Waals surface area (Å²) in [7, 11) is -3.49. The zero-order chi connectivity index (χ0) is 22.0. The van der Waals surface area contributed by atoms with Crippen LogP contribution in [0.4, 0.5) is 0 Å². The van der Waals surface area contributed by atoms with E-state index < -0.39 is 10.0 Å². The van der Waals surface area contributed by atoms with Gasteiger partial charge in [0, 0.05) is 18.1 Å². The fourth-order valence-corrected chi connectivity index (χ4v) is 6.30. The Hall–Kier alpha value is -1.89. The molecule has 1 N–H and O–H groups in total. The van der Waals surface area contributed by atoms with Crippen LogP contribution in [0.25, 0.3) is 0 Å². The molecule has 166 valence electrons. The Balaban J connectivity index is 1.38. The summed E-state index contributed by atoms with van der Waals surface area (Å²) in [6, 6.07) is 13.2. The largest absolute Gasteiger partial charge is 0.349 e. The van der Waals surface area contributed by atoms with E-state index in [1.165, 1.54) is 21.9 Å². The van der Waals surface area contributed by atoms with E-state index in [4.69, 9.17) is 11.6 Å². The number of nitrogens with zero attached hydrogens (tertiary/aromatic N) is 1. The number of aryl methyl sites for hydroxylation is 2. The molecule has 0 radical (unpaired) electrons. The van der Waals surface area contributed by atoms with E-state index in [1.807, 2.05) is 6.92 Å². The van der Waals surface area contributed by atoms with Crippen LogP contribution in [0.15, 0.2) is 42.5 Å². The van der Waals surface area contributed by atoms with E-state index >= 15 is 0 Å². The van der Waals surface area contributed by atoms with Gasteiger partial charge in [0.1, 0.15) is 0 Å². The van der Waals surface area contributed by atoms with Gasteiger partial charge in [0.15, 0.2) is 0 Å². The molecular weight excluding hydrogens is 432 g/mol. The third-order valence-electron chi connectivity index (χ3n) is 6.39. The minimum atomic E-state index is -3.49. The third kappa shape index (κ3) is 5.30. The molecule has 7 heteroatoms. The zero-order valence-corrected chi connectivity index (χ0v) is 19.4. The highest BCUT2D eigenvalue weighted by atomic mass is 35.5. The van der Waals surface area contributed by atoms with Gasteiger partial charge in [-0.05, 0) is 73.4 Å². The van der Waals surface area contributed by atoms with Crippen LogP contribution >= 0.6 is 11.6 Å². The van der Waals surface area contributed by atoms with E-state index in [-0.39, 0.29) is 30.2 Å². The Morgan fingerprint density at radius 3 is 2.65 bits per heavy atom. The molecular formula is C24H29ClN2O3S. The molecule has 1 fully saturated rings. The lowest BCUT2D eigenvalue weighted by Gasteiger charge is -2.32. The van der Waals surface area contributed by atoms with Crippen LogP contribution < -0.4 is 5.32 Å². The van der Waals surface area contributed by atoms with Gasteiger partial charge in [-0.2, -0.15) is 0 Å². The number of nitrogens with one attached hydrogen (secondary N) is 1. The maximum absolute atomic E-state index is 12.9. The van der Waals surface area contributed by atoms with E-state index in [1.54, 1.807) is 24.3 Å². The number of rotatable bonds is 6. The van der Waals surface area contributed by atoms with Crippen molar-refractivity contribution in [2.75, 3.05) is 13.1 Å². The summed E-state index contributed by atoms with van der Waals surface area (Å²) >= 11 is 5.89. The molecule has 4 rings (SSSR count). The molecule has 0 saturated carbocycles. The quantitative estimate of drug-likeness (QED) is 0.700. The highest BCUT2D eigenvalue weighted by Gasteiger charge is 2.33. The maximum atomic E-state index is 12.9. The number of hydrogen-bond donors (Lipinski definition) is 1. The van der Waals surface area contributed by atoms with Gasteiger partial charge in [-0.25, -0.2) is 12.7 Å². The van der Waals surface area contributed by atoms with Crippen LogP contribution in [0.3, 0.4) is 0 Å². The predicted octanol–water partition coefficient (Wildman–Crippen LogP) is 4.25. The molecule has 2 unspecified atom stereocenters. The first-order valence-corrected chi connectivity index (χ1v) is 12.9. The van der Waals surface area contributed by atoms with E-state index in [2.05, 4.69) is 23.5 Å². The number of sulfonamides is 1. The Bertz CT molecular complexity index is 1050. The lowest BCUT2D eigenvalue weighted by atomic mass is 9.97. The Morgan fingerprint density at radius 1 is 1.13 bits per heavy atom. The first-order chi connectivity index (χ1) is 14.8. The Morgan fingerprint density at radius 2 is 1.87 bits per heavy atom. The molecule has 31 heavy (non-hydrogen) atoms. The number of carbonyl (C=O) groups excluding carboxylic acids is 1. The molecule has 1 aliphatic carbocycles. The van der Waals surface area contributed by atoms with Crippen molar-refractivity contribution in [3.8, 4) is 0 Å². The standard InChI is InChI=1S/C24H29ClN2O3S/c1-17(20-10-9-19-4-2-5-21(19)14-20)26-24(28)22-6-3-13-27(15-22)31(29,30)16-18-7-11-23(25)12-8-18/h7-12,14,17,22H,2-6,13,15-16H2,1H3,(H,26,28). The molecule has 1 aliphatic heterocycles. The number of halogens is 1. The minimum Gasteiger partial charge on any atom is -0.349 e. The molecule has 2 atom stereocenters. The topological polar surface area (TPSA) is 66.5 Å². The minimum absolute atomic E-state index is 0.0700. The van der Waals surface area contributed by atoms with Gasteiger partial charge in [0.05, 0.1) is 17.7 Å². The van der Waals surface area contributed by atoms with Gasteiger partial charge in [0.25, 0.3) is 0 Å². The molecule has 0 aromatic heterocycles. The first kappa shape index (κ1) is 22.3. The molecule has 1 amide bonds. The molecule has 2 aliphatic rings. The van der Waals surface area contributed by atoms with E-state index in [0.717, 1.165) is 18.4 Å². The van der Waals surface area contributed by atoms with Crippen molar-refractivity contribution in [1.29, 1.82) is 0 Å². The van der Waals surface area contributed by atoms with Crippen molar-refractivity contribution in [3.05, 3.63) is 69.7 Å². The van der Waals surface area contributed by atoms with Gasteiger partial charge in [-0.1, -0.05) is 41.9 Å².